The Kier molecular flexibility index (Phi) is 2.25. The van der Waals surface area contributed by atoms with Crippen molar-refractivity contribution in [2.24, 2.45) is 0 Å². The Morgan fingerprint density at radius 3 is 2.94 bits per heavy atom. The molecule has 1 fully saturated rings. The van der Waals surface area contributed by atoms with E-state index < -0.39 is 0 Å². The molecule has 0 aromatic carbocycles. The molecule has 5 nitrogen and oxygen atoms in total. The van der Waals surface area contributed by atoms with E-state index in [4.69, 9.17) is 4.74 Å². The Morgan fingerprint density at radius 2 is 2.12 bits per heavy atom. The van der Waals surface area contributed by atoms with Gasteiger partial charge in [-0.05, 0) is 13.0 Å². The molecule has 0 spiro atoms. The van der Waals surface area contributed by atoms with Gasteiger partial charge >= 0.3 is 0 Å². The maximum Gasteiger partial charge on any atom is 0.156 e. The number of ether oxygens (including phenoxy) is 1. The van der Waals surface area contributed by atoms with Gasteiger partial charge in [-0.25, -0.2) is 9.97 Å². The van der Waals surface area contributed by atoms with Crippen molar-refractivity contribution >= 4 is 16.9 Å². The summed E-state index contributed by atoms with van der Waals surface area (Å²) in [7, 11) is 0. The molecule has 0 aliphatic carbocycles. The van der Waals surface area contributed by atoms with Crippen LogP contribution in [0.5, 0.6) is 0 Å². The fourth-order valence-electron chi connectivity index (χ4n) is 2.07. The van der Waals surface area contributed by atoms with E-state index in [-0.39, 0.29) is 0 Å². The Hall–Kier alpha value is -1.62. The second-order valence-corrected chi connectivity index (χ2v) is 4.01. The van der Waals surface area contributed by atoms with E-state index in [2.05, 4.69) is 19.9 Å². The van der Waals surface area contributed by atoms with Gasteiger partial charge in [0.25, 0.3) is 0 Å². The van der Waals surface area contributed by atoms with Crippen molar-refractivity contribution in [2.45, 2.75) is 6.92 Å². The molecule has 0 atom stereocenters. The molecule has 2 aromatic rings. The highest BCUT2D eigenvalue weighted by Crippen LogP contribution is 2.23. The lowest BCUT2D eigenvalue weighted by molar-refractivity contribution is 0.122. The zero-order valence-electron chi connectivity index (χ0n) is 9.23. The van der Waals surface area contributed by atoms with E-state index in [9.17, 15) is 0 Å². The predicted molar refractivity (Wildman–Crippen MR) is 61.7 cm³/mol. The molecule has 5 heteroatoms. The monoisotopic (exact) mass is 218 g/mol. The lowest BCUT2D eigenvalue weighted by Crippen LogP contribution is -2.36. The van der Waals surface area contributed by atoms with Gasteiger partial charge in [-0.2, -0.15) is 0 Å². The first-order valence-electron chi connectivity index (χ1n) is 5.47. The molecule has 1 N–H and O–H groups in total. The number of aryl methyl sites for hydroxylation is 1. The molecule has 0 bridgehead atoms. The molecule has 0 saturated carbocycles. The van der Waals surface area contributed by atoms with Gasteiger partial charge < -0.3 is 14.6 Å². The third kappa shape index (κ3) is 1.53. The van der Waals surface area contributed by atoms with Gasteiger partial charge in [0.2, 0.25) is 0 Å². The molecule has 1 aliphatic heterocycles. The van der Waals surface area contributed by atoms with Gasteiger partial charge in [0, 0.05) is 18.8 Å². The lowest BCUT2D eigenvalue weighted by atomic mass is 10.3. The Balaban J connectivity index is 2.07. The topological polar surface area (TPSA) is 54.0 Å². The quantitative estimate of drug-likeness (QED) is 0.778. The number of nitrogens with one attached hydrogen (secondary N) is 1. The summed E-state index contributed by atoms with van der Waals surface area (Å²) in [5, 5.41) is 0. The second-order valence-electron chi connectivity index (χ2n) is 4.01. The van der Waals surface area contributed by atoms with Crippen LogP contribution in [-0.4, -0.2) is 41.3 Å². The fourth-order valence-corrected chi connectivity index (χ4v) is 2.07. The number of H-pyrrole nitrogens is 1. The van der Waals surface area contributed by atoms with Gasteiger partial charge in [0.05, 0.1) is 18.7 Å². The number of hydrogen-bond donors (Lipinski definition) is 1. The number of aromatic amines is 1. The van der Waals surface area contributed by atoms with Crippen LogP contribution >= 0.6 is 0 Å². The number of anilines is 1. The number of aromatic nitrogens is 3. The van der Waals surface area contributed by atoms with E-state index >= 15 is 0 Å². The highest BCUT2D eigenvalue weighted by molar-refractivity contribution is 5.86. The first-order chi connectivity index (χ1) is 7.84. The molecule has 16 heavy (non-hydrogen) atoms. The summed E-state index contributed by atoms with van der Waals surface area (Å²) < 4.78 is 5.34. The smallest absolute Gasteiger partial charge is 0.156 e. The van der Waals surface area contributed by atoms with Crippen LogP contribution in [0.1, 0.15) is 5.69 Å². The van der Waals surface area contributed by atoms with Crippen LogP contribution < -0.4 is 4.90 Å². The molecule has 0 amide bonds. The van der Waals surface area contributed by atoms with Crippen molar-refractivity contribution in [3.8, 4) is 0 Å². The summed E-state index contributed by atoms with van der Waals surface area (Å²) in [6.45, 7) is 5.36. The van der Waals surface area contributed by atoms with Crippen molar-refractivity contribution in [3.05, 3.63) is 18.1 Å². The molecule has 3 rings (SSSR count). The summed E-state index contributed by atoms with van der Waals surface area (Å²) in [6, 6.07) is 2.04. The van der Waals surface area contributed by atoms with Gasteiger partial charge in [0.1, 0.15) is 11.8 Å². The number of morpholine rings is 1. The standard InChI is InChI=1S/C11H14N4O/c1-8-6-9-10(14-8)11(13-7-12-9)15-2-4-16-5-3-15/h6-7,14H,2-5H2,1H3. The Bertz CT molecular complexity index is 502. The highest BCUT2D eigenvalue weighted by atomic mass is 16.5. The van der Waals surface area contributed by atoms with Crippen molar-refractivity contribution in [2.75, 3.05) is 31.2 Å². The predicted octanol–water partition coefficient (Wildman–Crippen LogP) is 1.10. The molecule has 0 radical (unpaired) electrons. The average Bonchev–Trinajstić information content (AvgIpc) is 2.70. The van der Waals surface area contributed by atoms with Crippen LogP contribution in [0, 0.1) is 6.92 Å². The van der Waals surface area contributed by atoms with Crippen molar-refractivity contribution in [1.29, 1.82) is 0 Å². The summed E-state index contributed by atoms with van der Waals surface area (Å²) >= 11 is 0. The van der Waals surface area contributed by atoms with Crippen LogP contribution in [0.2, 0.25) is 0 Å². The third-order valence-corrected chi connectivity index (χ3v) is 2.84. The third-order valence-electron chi connectivity index (χ3n) is 2.84. The molecule has 1 saturated heterocycles. The minimum atomic E-state index is 0.769. The normalized spacial score (nSPS) is 16.9. The van der Waals surface area contributed by atoms with E-state index in [0.29, 0.717) is 0 Å². The van der Waals surface area contributed by atoms with Crippen molar-refractivity contribution in [3.63, 3.8) is 0 Å². The van der Waals surface area contributed by atoms with E-state index in [1.54, 1.807) is 6.33 Å². The van der Waals surface area contributed by atoms with Gasteiger partial charge in [0.15, 0.2) is 5.82 Å². The number of nitrogens with zero attached hydrogens (tertiary/aromatic N) is 3. The zero-order chi connectivity index (χ0) is 11.0. The largest absolute Gasteiger partial charge is 0.378 e. The maximum atomic E-state index is 5.34. The highest BCUT2D eigenvalue weighted by Gasteiger charge is 2.16. The summed E-state index contributed by atoms with van der Waals surface area (Å²) in [5.74, 6) is 0.987. The summed E-state index contributed by atoms with van der Waals surface area (Å²) in [4.78, 5) is 14.2. The van der Waals surface area contributed by atoms with Crippen LogP contribution in [0.4, 0.5) is 5.82 Å². The van der Waals surface area contributed by atoms with Crippen LogP contribution in [0.25, 0.3) is 11.0 Å². The van der Waals surface area contributed by atoms with Gasteiger partial charge in [-0.3, -0.25) is 0 Å². The first-order valence-corrected chi connectivity index (χ1v) is 5.47. The minimum Gasteiger partial charge on any atom is -0.378 e. The second kappa shape index (κ2) is 3.75. The van der Waals surface area contributed by atoms with E-state index in [1.165, 1.54) is 0 Å². The molecule has 0 unspecified atom stereocenters. The van der Waals surface area contributed by atoms with E-state index in [1.807, 2.05) is 13.0 Å². The van der Waals surface area contributed by atoms with Crippen LogP contribution in [0.15, 0.2) is 12.4 Å². The average molecular weight is 218 g/mol. The van der Waals surface area contributed by atoms with E-state index in [0.717, 1.165) is 48.8 Å². The molecule has 84 valence electrons. The molecule has 1 aliphatic rings. The molecule has 3 heterocycles. The Morgan fingerprint density at radius 1 is 1.31 bits per heavy atom. The Labute approximate surface area is 93.5 Å². The number of fused-ring (bicyclic) bond motifs is 1. The maximum absolute atomic E-state index is 5.34. The number of hydrogen-bond acceptors (Lipinski definition) is 4. The van der Waals surface area contributed by atoms with Gasteiger partial charge in [-0.1, -0.05) is 0 Å². The molecular formula is C11H14N4O. The minimum absolute atomic E-state index is 0.769. The lowest BCUT2D eigenvalue weighted by Gasteiger charge is -2.27. The van der Waals surface area contributed by atoms with Crippen molar-refractivity contribution in [1.82, 2.24) is 15.0 Å². The first kappa shape index (κ1) is 9.59. The SMILES string of the molecule is Cc1cc2ncnc(N3CCOCC3)c2[nH]1. The zero-order valence-corrected chi connectivity index (χ0v) is 9.23. The summed E-state index contributed by atoms with van der Waals surface area (Å²) in [5.41, 5.74) is 3.13. The van der Waals surface area contributed by atoms with Crippen molar-refractivity contribution < 1.29 is 4.74 Å². The molecule has 2 aromatic heterocycles. The summed E-state index contributed by atoms with van der Waals surface area (Å²) in [6.07, 6.45) is 1.63. The van der Waals surface area contributed by atoms with Crippen LogP contribution in [-0.2, 0) is 4.74 Å². The number of rotatable bonds is 1. The molecular weight excluding hydrogens is 204 g/mol. The van der Waals surface area contributed by atoms with Gasteiger partial charge in [-0.15, -0.1) is 0 Å². The fraction of sp³-hybridized carbons (Fsp3) is 0.455. The van der Waals surface area contributed by atoms with Crippen LogP contribution in [0.3, 0.4) is 0 Å².